The summed E-state index contributed by atoms with van der Waals surface area (Å²) in [5.41, 5.74) is 0. The Morgan fingerprint density at radius 1 is 0.286 bits per heavy atom. The molecule has 0 aliphatic rings. The molecule has 0 aliphatic carbocycles. The van der Waals surface area contributed by atoms with Crippen LogP contribution in [0.1, 0.15) is 0 Å². The van der Waals surface area contributed by atoms with Gasteiger partial charge in [-0.1, -0.05) is 0 Å². The summed E-state index contributed by atoms with van der Waals surface area (Å²) in [5, 5.41) is 0. The van der Waals surface area contributed by atoms with E-state index >= 15 is 0 Å². The molecule has 0 aromatic rings. The molecule has 22 heteroatoms. The molecule has 0 bridgehead atoms. The van der Waals surface area contributed by atoms with Gasteiger partial charge in [0.2, 0.25) is 0 Å². The Hall–Kier alpha value is -1.51. The average molecular weight is 578 g/mol. The summed E-state index contributed by atoms with van der Waals surface area (Å²) in [6.07, 6.45) is -7.99. The molecule has 0 atom stereocenters. The van der Waals surface area contributed by atoms with Gasteiger partial charge in [0.15, 0.2) is 0 Å². The molecule has 0 amide bonds. The van der Waals surface area contributed by atoms with E-state index in [9.17, 15) is 92.2 Å². The molecule has 0 aromatic carbocycles. The quantitative estimate of drug-likeness (QED) is 0.158. The van der Waals surface area contributed by atoms with Crippen molar-refractivity contribution >= 4 is 0 Å². The molecule has 0 saturated carbocycles. The smallest absolute Gasteiger partial charge is 0.265 e. The van der Waals surface area contributed by atoms with Gasteiger partial charge < -0.3 is 0 Å². The lowest BCUT2D eigenvalue weighted by atomic mass is 9.87. The summed E-state index contributed by atoms with van der Waals surface area (Å²) < 4.78 is 273. The summed E-state index contributed by atoms with van der Waals surface area (Å²) in [6.45, 7) is 0. The first-order valence-electron chi connectivity index (χ1n) is 7.78. The van der Waals surface area contributed by atoms with E-state index in [1.165, 1.54) is 0 Å². The molecular weight excluding hydrogens is 569 g/mol. The molecule has 0 fully saturated rings. The minimum absolute atomic E-state index is 0.192. The van der Waals surface area contributed by atoms with Crippen molar-refractivity contribution in [3.63, 3.8) is 0 Å². The summed E-state index contributed by atoms with van der Waals surface area (Å²) in [4.78, 5) is 0. The van der Waals surface area contributed by atoms with E-state index in [4.69, 9.17) is 0 Å². The van der Waals surface area contributed by atoms with Gasteiger partial charge in [0.05, 0.1) is 21.1 Å². The van der Waals surface area contributed by atoms with Crippen molar-refractivity contribution in [3.8, 4) is 0 Å². The molecule has 0 aromatic heterocycles. The molecule has 0 spiro atoms. The summed E-state index contributed by atoms with van der Waals surface area (Å²) in [7, 11) is -0.575. The van der Waals surface area contributed by atoms with Gasteiger partial charge in [0, 0.05) is 0 Å². The van der Waals surface area contributed by atoms with Gasteiger partial charge in [-0.2, -0.15) is 83.4 Å². The number of hydrogen-bond donors (Lipinski definition) is 0. The molecule has 212 valence electrons. The van der Waals surface area contributed by atoms with Crippen LogP contribution in [0.15, 0.2) is 0 Å². The number of hydrogen-bond acceptors (Lipinski definition) is 0. The Balaban J connectivity index is 7.15. The fourth-order valence-corrected chi connectivity index (χ4v) is 1.97. The highest BCUT2D eigenvalue weighted by atomic mass is 19.4. The maximum atomic E-state index is 13.6. The van der Waals surface area contributed by atoms with E-state index in [-0.39, 0.29) is 21.1 Å². The Bertz CT molecular complexity index is 718. The van der Waals surface area contributed by atoms with Crippen molar-refractivity contribution in [2.75, 3.05) is 21.1 Å². The van der Waals surface area contributed by atoms with Crippen molar-refractivity contribution in [1.82, 2.24) is 0 Å². The monoisotopic (exact) mass is 578 g/mol. The maximum Gasteiger partial charge on any atom is 0.461 e. The molecule has 0 unspecified atom stereocenters. The van der Waals surface area contributed by atoms with Gasteiger partial charge in [-0.3, -0.25) is 4.48 Å². The third-order valence-corrected chi connectivity index (χ3v) is 4.34. The number of nitrogens with zero attached hydrogens (tertiary/aromatic N) is 1. The third-order valence-electron chi connectivity index (χ3n) is 4.34. The highest BCUT2D eigenvalue weighted by Crippen LogP contribution is 2.66. The normalized spacial score (nSPS) is 17.1. The maximum absolute atomic E-state index is 13.6. The van der Waals surface area contributed by atoms with Crippen LogP contribution in [0.5, 0.6) is 0 Å². The largest absolute Gasteiger partial charge is 0.461 e. The summed E-state index contributed by atoms with van der Waals surface area (Å²) in [5.74, 6) is -70.0. The van der Waals surface area contributed by atoms with Crippen molar-refractivity contribution in [2.45, 2.75) is 59.6 Å². The van der Waals surface area contributed by atoms with Crippen molar-refractivity contribution < 1.29 is 96.7 Å². The van der Waals surface area contributed by atoms with Crippen LogP contribution >= 0.6 is 0 Å². The second-order valence-electron chi connectivity index (χ2n) is 7.65. The Morgan fingerprint density at radius 3 is 0.629 bits per heavy atom. The van der Waals surface area contributed by atoms with Crippen LogP contribution in [0.3, 0.4) is 0 Å². The molecule has 0 radical (unpaired) electrons. The van der Waals surface area contributed by atoms with E-state index in [2.05, 4.69) is 0 Å². The van der Waals surface area contributed by atoms with Crippen LogP contribution in [0.25, 0.3) is 0 Å². The number of quaternary nitrogens is 1. The topological polar surface area (TPSA) is 0 Å². The standard InChI is InChI=1S/C13H9F21N/c1-35(2,3)13(33,34)11(28,29)9(24,25)7(20,21)5(16,17)4(14,15)6(18,19)8(22,23)10(26,27)12(30,31)32/h1-3H3/q+1. The SMILES string of the molecule is C[N+](C)(C)C(F)(F)C(F)(F)C(F)(F)C(F)(F)C(F)(F)C(F)(F)C(F)(F)C(F)(F)C(F)(F)C(F)(F)F. The van der Waals surface area contributed by atoms with Gasteiger partial charge in [-0.25, -0.2) is 0 Å². The number of alkyl halides is 21. The molecule has 0 heterocycles. The minimum atomic E-state index is -9.15. The lowest BCUT2D eigenvalue weighted by molar-refractivity contribution is -0.975. The molecule has 0 rings (SSSR count). The zero-order valence-corrected chi connectivity index (χ0v) is 16.4. The minimum Gasteiger partial charge on any atom is -0.265 e. The zero-order valence-electron chi connectivity index (χ0n) is 16.4. The van der Waals surface area contributed by atoms with Gasteiger partial charge in [-0.15, -0.1) is 8.78 Å². The Morgan fingerprint density at radius 2 is 0.457 bits per heavy atom. The van der Waals surface area contributed by atoms with Crippen molar-refractivity contribution in [1.29, 1.82) is 0 Å². The van der Waals surface area contributed by atoms with Gasteiger partial charge in [-0.05, 0) is 0 Å². The fourth-order valence-electron chi connectivity index (χ4n) is 1.97. The second kappa shape index (κ2) is 7.75. The predicted molar refractivity (Wildman–Crippen MR) is 68.6 cm³/mol. The molecule has 35 heavy (non-hydrogen) atoms. The van der Waals surface area contributed by atoms with E-state index < -0.39 is 64.1 Å². The Kier molecular flexibility index (Phi) is 7.41. The first-order valence-corrected chi connectivity index (χ1v) is 7.78. The van der Waals surface area contributed by atoms with Crippen LogP contribution in [0, 0.1) is 0 Å². The van der Waals surface area contributed by atoms with Crippen LogP contribution in [0.4, 0.5) is 92.2 Å². The summed E-state index contributed by atoms with van der Waals surface area (Å²) >= 11 is 0. The number of rotatable bonds is 9. The zero-order chi connectivity index (χ0) is 29.5. The lowest BCUT2D eigenvalue weighted by Crippen LogP contribution is -2.78. The molecule has 0 aliphatic heterocycles. The van der Waals surface area contributed by atoms with Crippen molar-refractivity contribution in [3.05, 3.63) is 0 Å². The Labute approximate surface area is 179 Å². The highest BCUT2D eigenvalue weighted by molar-refractivity contribution is 5.17. The average Bonchev–Trinajstić information content (AvgIpc) is 2.58. The third kappa shape index (κ3) is 3.86. The van der Waals surface area contributed by atoms with E-state index in [0.717, 1.165) is 0 Å². The fraction of sp³-hybridized carbons (Fsp3) is 1.00. The highest BCUT2D eigenvalue weighted by Gasteiger charge is 2.98. The molecule has 0 saturated heterocycles. The van der Waals surface area contributed by atoms with E-state index in [1.807, 2.05) is 0 Å². The van der Waals surface area contributed by atoms with E-state index in [1.54, 1.807) is 0 Å². The molecule has 1 nitrogen and oxygen atoms in total. The predicted octanol–water partition coefficient (Wildman–Crippen LogP) is 6.93. The first-order chi connectivity index (χ1) is 14.5. The van der Waals surface area contributed by atoms with Crippen LogP contribution in [0.2, 0.25) is 0 Å². The summed E-state index contributed by atoms with van der Waals surface area (Å²) in [6, 6.07) is -6.65. The van der Waals surface area contributed by atoms with Crippen LogP contribution in [-0.2, 0) is 0 Å². The second-order valence-corrected chi connectivity index (χ2v) is 7.65. The van der Waals surface area contributed by atoms with Crippen LogP contribution < -0.4 is 0 Å². The molecule has 0 N–H and O–H groups in total. The van der Waals surface area contributed by atoms with Gasteiger partial charge in [0.1, 0.15) is 0 Å². The number of halogens is 21. The lowest BCUT2D eigenvalue weighted by Gasteiger charge is -2.45. The molecular formula is C13H9F21N+. The van der Waals surface area contributed by atoms with Crippen molar-refractivity contribution in [2.24, 2.45) is 0 Å². The first kappa shape index (κ1) is 33.5. The van der Waals surface area contributed by atoms with Gasteiger partial charge in [0.25, 0.3) is 0 Å². The van der Waals surface area contributed by atoms with E-state index in [0.29, 0.717) is 0 Å². The van der Waals surface area contributed by atoms with Gasteiger partial charge >= 0.3 is 59.6 Å². The van der Waals surface area contributed by atoms with Crippen LogP contribution in [-0.4, -0.2) is 85.2 Å².